The van der Waals surface area contributed by atoms with Gasteiger partial charge in [-0.3, -0.25) is 19.1 Å². The molecule has 1 aliphatic rings. The molecule has 2 N–H and O–H groups in total. The van der Waals surface area contributed by atoms with Gasteiger partial charge in [0.05, 0.1) is 26.0 Å². The Hall–Kier alpha value is -5.13. The van der Waals surface area contributed by atoms with E-state index in [9.17, 15) is 14.4 Å². The fourth-order valence-corrected chi connectivity index (χ4v) is 5.67. The zero-order valence-electron chi connectivity index (χ0n) is 27.5. The average molecular weight is 642 g/mol. The lowest BCUT2D eigenvalue weighted by atomic mass is 10.1. The van der Waals surface area contributed by atoms with E-state index in [0.29, 0.717) is 44.0 Å². The second kappa shape index (κ2) is 15.4. The van der Waals surface area contributed by atoms with Crippen LogP contribution < -0.4 is 20.1 Å². The van der Waals surface area contributed by atoms with Crippen LogP contribution in [0.25, 0.3) is 11.4 Å². The minimum atomic E-state index is -0.826. The summed E-state index contributed by atoms with van der Waals surface area (Å²) in [6, 6.07) is 14.3. The number of imidazole rings is 1. The number of benzene rings is 2. The number of nitrogens with zero attached hydrogens (tertiary/aromatic N) is 5. The minimum Gasteiger partial charge on any atom is -0.493 e. The molecule has 4 aromatic rings. The summed E-state index contributed by atoms with van der Waals surface area (Å²) in [7, 11) is 1.58. The number of fused-ring (bicyclic) bond motifs is 4. The van der Waals surface area contributed by atoms with Gasteiger partial charge in [0.15, 0.2) is 11.5 Å². The molecular formula is C35H43N7O5. The number of nitrogens with one attached hydrogen (secondary N) is 2. The Morgan fingerprint density at radius 1 is 1.09 bits per heavy atom. The monoisotopic (exact) mass is 641 g/mol. The lowest BCUT2D eigenvalue weighted by Gasteiger charge is -2.25. The number of rotatable bonds is 6. The minimum absolute atomic E-state index is 0.173. The average Bonchev–Trinajstić information content (AvgIpc) is 3.64. The van der Waals surface area contributed by atoms with Crippen LogP contribution in [-0.2, 0) is 33.9 Å². The van der Waals surface area contributed by atoms with Crippen molar-refractivity contribution in [3.63, 3.8) is 0 Å². The molecule has 2 aromatic carbocycles. The van der Waals surface area contributed by atoms with Crippen LogP contribution in [-0.4, -0.2) is 81.3 Å². The van der Waals surface area contributed by atoms with Crippen LogP contribution in [0.3, 0.4) is 0 Å². The summed E-state index contributed by atoms with van der Waals surface area (Å²) in [5.41, 5.74) is 4.77. The van der Waals surface area contributed by atoms with E-state index in [4.69, 9.17) is 9.47 Å². The molecule has 12 heteroatoms. The van der Waals surface area contributed by atoms with Crippen LogP contribution in [0, 0.1) is 20.8 Å². The van der Waals surface area contributed by atoms with Crippen molar-refractivity contribution in [3.05, 3.63) is 83.4 Å². The van der Waals surface area contributed by atoms with Gasteiger partial charge in [-0.15, -0.1) is 0 Å². The smallest absolute Gasteiger partial charge is 0.242 e. The molecule has 0 saturated carbocycles. The molecule has 5 rings (SSSR count). The van der Waals surface area contributed by atoms with Crippen molar-refractivity contribution < 1.29 is 23.9 Å². The zero-order chi connectivity index (χ0) is 33.3. The van der Waals surface area contributed by atoms with Gasteiger partial charge in [-0.05, 0) is 56.5 Å². The number of methoxy groups -OCH3 is 1. The number of amides is 3. The lowest BCUT2D eigenvalue weighted by molar-refractivity contribution is -0.137. The lowest BCUT2D eigenvalue weighted by Crippen LogP contribution is -2.51. The van der Waals surface area contributed by atoms with Crippen molar-refractivity contribution in [1.82, 2.24) is 34.9 Å². The molecule has 0 fully saturated rings. The maximum Gasteiger partial charge on any atom is 0.242 e. The van der Waals surface area contributed by atoms with Gasteiger partial charge >= 0.3 is 0 Å². The Labute approximate surface area is 275 Å². The van der Waals surface area contributed by atoms with Crippen LogP contribution in [0.1, 0.15) is 35.4 Å². The van der Waals surface area contributed by atoms with Crippen LogP contribution in [0.5, 0.6) is 11.5 Å². The largest absolute Gasteiger partial charge is 0.493 e. The Bertz CT molecular complexity index is 1700. The van der Waals surface area contributed by atoms with Crippen molar-refractivity contribution >= 4 is 17.7 Å². The first-order valence-electron chi connectivity index (χ1n) is 15.9. The molecule has 1 atom stereocenters. The van der Waals surface area contributed by atoms with Crippen LogP contribution in [0.2, 0.25) is 0 Å². The molecule has 0 aliphatic carbocycles. The summed E-state index contributed by atoms with van der Waals surface area (Å²) in [6.07, 6.45) is 4.52. The molecule has 0 spiro atoms. The number of carbonyl (C=O) groups excluding carboxylic acids is 3. The molecule has 0 radical (unpaired) electrons. The molecule has 0 unspecified atom stereocenters. The van der Waals surface area contributed by atoms with Crippen LogP contribution in [0.15, 0.2) is 60.9 Å². The van der Waals surface area contributed by atoms with E-state index >= 15 is 0 Å². The van der Waals surface area contributed by atoms with Gasteiger partial charge in [0.25, 0.3) is 0 Å². The van der Waals surface area contributed by atoms with E-state index in [0.717, 1.165) is 33.9 Å². The number of hydrogen-bond donors (Lipinski definition) is 2. The van der Waals surface area contributed by atoms with Crippen molar-refractivity contribution in [1.29, 1.82) is 0 Å². The molecule has 12 nitrogen and oxygen atoms in total. The fraction of sp³-hybridized carbons (Fsp3) is 0.400. The van der Waals surface area contributed by atoms with E-state index in [2.05, 4.69) is 20.7 Å². The fourth-order valence-electron chi connectivity index (χ4n) is 5.67. The van der Waals surface area contributed by atoms with E-state index in [-0.39, 0.29) is 37.9 Å². The Morgan fingerprint density at radius 3 is 2.64 bits per heavy atom. The Morgan fingerprint density at radius 2 is 1.89 bits per heavy atom. The summed E-state index contributed by atoms with van der Waals surface area (Å²) in [6.45, 7) is 7.50. The summed E-state index contributed by atoms with van der Waals surface area (Å²) in [5, 5.41) is 10.4. The SMILES string of the molecule is COc1ccc2cc1OCCCN(C(=O)CCn1nc(C)c(C)c1C)CC(=O)N[C@@H](Cc1ccccc1)C(=O)NCCn1ccnc1-2. The van der Waals surface area contributed by atoms with Gasteiger partial charge in [0.1, 0.15) is 11.9 Å². The first-order chi connectivity index (χ1) is 22.7. The van der Waals surface area contributed by atoms with E-state index in [1.54, 1.807) is 13.3 Å². The quantitative estimate of drug-likeness (QED) is 0.331. The first-order valence-corrected chi connectivity index (χ1v) is 15.9. The van der Waals surface area contributed by atoms with Crippen LogP contribution in [0.4, 0.5) is 0 Å². The first kappa shape index (κ1) is 33.2. The van der Waals surface area contributed by atoms with Gasteiger partial charge in [0, 0.05) is 62.7 Å². The third-order valence-electron chi connectivity index (χ3n) is 8.52. The second-order valence-electron chi connectivity index (χ2n) is 11.7. The number of carbonyl (C=O) groups is 3. The van der Waals surface area contributed by atoms with Crippen molar-refractivity contribution in [2.75, 3.05) is 33.4 Å². The highest BCUT2D eigenvalue weighted by Crippen LogP contribution is 2.32. The predicted molar refractivity (Wildman–Crippen MR) is 177 cm³/mol. The molecule has 248 valence electrons. The summed E-state index contributed by atoms with van der Waals surface area (Å²) in [5.74, 6) is 0.943. The maximum absolute atomic E-state index is 13.6. The van der Waals surface area contributed by atoms with Crippen molar-refractivity contribution in [3.8, 4) is 22.9 Å². The summed E-state index contributed by atoms with van der Waals surface area (Å²) in [4.78, 5) is 46.6. The predicted octanol–water partition coefficient (Wildman–Crippen LogP) is 3.23. The van der Waals surface area contributed by atoms with Gasteiger partial charge < -0.3 is 29.6 Å². The molecule has 3 amide bonds. The number of hydrogen-bond acceptors (Lipinski definition) is 7. The highest BCUT2D eigenvalue weighted by molar-refractivity contribution is 5.90. The van der Waals surface area contributed by atoms with Gasteiger partial charge in [0.2, 0.25) is 17.7 Å². The zero-order valence-corrected chi connectivity index (χ0v) is 27.5. The number of ether oxygens (including phenoxy) is 2. The molecule has 2 aromatic heterocycles. The Kier molecular flexibility index (Phi) is 10.9. The van der Waals surface area contributed by atoms with E-state index < -0.39 is 11.9 Å². The number of aromatic nitrogens is 4. The second-order valence-corrected chi connectivity index (χ2v) is 11.7. The van der Waals surface area contributed by atoms with Crippen LogP contribution >= 0.6 is 0 Å². The normalized spacial score (nSPS) is 16.3. The van der Waals surface area contributed by atoms with Crippen molar-refractivity contribution in [2.24, 2.45) is 0 Å². The van der Waals surface area contributed by atoms with Crippen molar-refractivity contribution in [2.45, 2.75) is 59.2 Å². The Balaban J connectivity index is 1.39. The maximum atomic E-state index is 13.6. The highest BCUT2D eigenvalue weighted by atomic mass is 16.5. The number of aryl methyl sites for hydroxylation is 2. The third kappa shape index (κ3) is 8.37. The van der Waals surface area contributed by atoms with Gasteiger partial charge in [-0.2, -0.15) is 5.10 Å². The standard InChI is InChI=1S/C35H43N7O5/c1-24-25(2)39-42(26(24)3)17-13-33(44)41-16-8-20-47-31-22-28(11-12-30(31)46-4)34-36-14-18-40(34)19-15-37-35(45)29(38-32(43)23-41)21-27-9-6-5-7-10-27/h5-7,9-12,14,18,22,29H,8,13,15-17,19-21,23H2,1-4H3,(H,37,45)(H,38,43)/t29-/m0/s1. The van der Waals surface area contributed by atoms with Gasteiger partial charge in [-0.1, -0.05) is 30.3 Å². The molecule has 3 heterocycles. The summed E-state index contributed by atoms with van der Waals surface area (Å²) < 4.78 is 15.5. The molecule has 2 bridgehead atoms. The topological polar surface area (TPSA) is 133 Å². The third-order valence-corrected chi connectivity index (χ3v) is 8.52. The molecule has 1 aliphatic heterocycles. The molecule has 0 saturated heterocycles. The molecular weight excluding hydrogens is 598 g/mol. The highest BCUT2D eigenvalue weighted by Gasteiger charge is 2.25. The molecule has 47 heavy (non-hydrogen) atoms. The van der Waals surface area contributed by atoms with E-state index in [1.165, 1.54) is 4.90 Å². The van der Waals surface area contributed by atoms with E-state index in [1.807, 2.05) is 84.7 Å². The summed E-state index contributed by atoms with van der Waals surface area (Å²) >= 11 is 0. The van der Waals surface area contributed by atoms with Gasteiger partial charge in [-0.25, -0.2) is 4.98 Å².